The van der Waals surface area contributed by atoms with Crippen LogP contribution in [0.5, 0.6) is 0 Å². The van der Waals surface area contributed by atoms with Gasteiger partial charge < -0.3 is 10.4 Å². The largest absolute Gasteiger partial charge is 0.478 e. The van der Waals surface area contributed by atoms with E-state index < -0.39 is 5.97 Å². The quantitative estimate of drug-likeness (QED) is 0.847. The second-order valence-electron chi connectivity index (χ2n) is 3.86. The van der Waals surface area contributed by atoms with E-state index in [0.29, 0.717) is 11.6 Å². The van der Waals surface area contributed by atoms with E-state index in [2.05, 4.69) is 5.32 Å². The number of rotatable bonds is 4. The number of benzene rings is 2. The van der Waals surface area contributed by atoms with Gasteiger partial charge in [0, 0.05) is 46.8 Å². The standard InChI is InChI=1S/C14H12ClNO2.Na/c15-12-5-1-10(2-6-12)9-16-13-7-3-11(4-8-13)14(17)18;/h1-8,16H,9H2,(H,17,18);. The smallest absolute Gasteiger partial charge is 0.335 e. The molecule has 0 aliphatic rings. The zero-order chi connectivity index (χ0) is 13.0. The molecule has 5 heteroatoms. The molecule has 0 saturated heterocycles. The number of carboxylic acids is 1. The average molecular weight is 285 g/mol. The van der Waals surface area contributed by atoms with Crippen LogP contribution in [0.1, 0.15) is 15.9 Å². The minimum Gasteiger partial charge on any atom is -0.478 e. The van der Waals surface area contributed by atoms with E-state index in [9.17, 15) is 4.79 Å². The van der Waals surface area contributed by atoms with Crippen molar-refractivity contribution in [2.45, 2.75) is 6.54 Å². The molecule has 0 aliphatic heterocycles. The van der Waals surface area contributed by atoms with Crippen molar-refractivity contribution < 1.29 is 9.90 Å². The van der Waals surface area contributed by atoms with Crippen LogP contribution in [0, 0.1) is 0 Å². The molecule has 0 amide bonds. The summed E-state index contributed by atoms with van der Waals surface area (Å²) in [6.07, 6.45) is 0. The van der Waals surface area contributed by atoms with Crippen LogP contribution >= 0.6 is 11.6 Å². The molecule has 93 valence electrons. The minimum atomic E-state index is -0.917. The van der Waals surface area contributed by atoms with Crippen molar-refractivity contribution in [2.75, 3.05) is 5.32 Å². The van der Waals surface area contributed by atoms with Crippen LogP contribution in [0.3, 0.4) is 0 Å². The molecule has 2 rings (SSSR count). The third kappa shape index (κ3) is 4.88. The molecular weight excluding hydrogens is 273 g/mol. The second kappa shape index (κ2) is 7.56. The first-order valence-corrected chi connectivity index (χ1v) is 5.84. The molecule has 0 aliphatic carbocycles. The van der Waals surface area contributed by atoms with Gasteiger partial charge in [-0.25, -0.2) is 4.79 Å². The molecule has 0 fully saturated rings. The summed E-state index contributed by atoms with van der Waals surface area (Å²) < 4.78 is 0. The van der Waals surface area contributed by atoms with Gasteiger partial charge in [-0.15, -0.1) is 0 Å². The van der Waals surface area contributed by atoms with Crippen molar-refractivity contribution in [2.24, 2.45) is 0 Å². The van der Waals surface area contributed by atoms with Gasteiger partial charge in [0.2, 0.25) is 0 Å². The summed E-state index contributed by atoms with van der Waals surface area (Å²) in [7, 11) is 0. The summed E-state index contributed by atoms with van der Waals surface area (Å²) in [4.78, 5) is 10.7. The van der Waals surface area contributed by atoms with Gasteiger partial charge in [-0.1, -0.05) is 23.7 Å². The Morgan fingerprint density at radius 2 is 1.63 bits per heavy atom. The van der Waals surface area contributed by atoms with Crippen LogP contribution < -0.4 is 5.32 Å². The summed E-state index contributed by atoms with van der Waals surface area (Å²) in [5.74, 6) is -0.917. The maximum atomic E-state index is 10.7. The Hall–Kier alpha value is -1.000. The molecule has 0 bridgehead atoms. The molecule has 1 radical (unpaired) electrons. The molecule has 0 spiro atoms. The average Bonchev–Trinajstić information content (AvgIpc) is 2.38. The van der Waals surface area contributed by atoms with E-state index in [4.69, 9.17) is 16.7 Å². The molecule has 19 heavy (non-hydrogen) atoms. The fourth-order valence-corrected chi connectivity index (χ4v) is 1.66. The predicted molar refractivity (Wildman–Crippen MR) is 77.9 cm³/mol. The Bertz CT molecular complexity index is 540. The monoisotopic (exact) mass is 284 g/mol. The SMILES string of the molecule is O=C(O)c1ccc(NCc2ccc(Cl)cc2)cc1.[Na]. The van der Waals surface area contributed by atoms with Crippen LogP contribution in [0.4, 0.5) is 5.69 Å². The number of halogens is 1. The molecule has 2 aromatic carbocycles. The molecule has 0 unspecified atom stereocenters. The Labute approximate surface area is 138 Å². The van der Waals surface area contributed by atoms with Crippen molar-refractivity contribution in [3.8, 4) is 0 Å². The molecule has 0 aromatic heterocycles. The predicted octanol–water partition coefficient (Wildman–Crippen LogP) is 3.27. The number of hydrogen-bond donors (Lipinski definition) is 2. The number of hydrogen-bond acceptors (Lipinski definition) is 2. The van der Waals surface area contributed by atoms with Gasteiger partial charge in [0.05, 0.1) is 5.56 Å². The van der Waals surface area contributed by atoms with Crippen molar-refractivity contribution >= 4 is 52.8 Å². The summed E-state index contributed by atoms with van der Waals surface area (Å²) in [6.45, 7) is 0.670. The van der Waals surface area contributed by atoms with E-state index >= 15 is 0 Å². The number of carboxylic acid groups (broad SMARTS) is 1. The van der Waals surface area contributed by atoms with Gasteiger partial charge in [-0.05, 0) is 42.0 Å². The molecule has 0 saturated carbocycles. The Morgan fingerprint density at radius 1 is 1.05 bits per heavy atom. The Kier molecular flexibility index (Phi) is 6.38. The van der Waals surface area contributed by atoms with E-state index in [1.165, 1.54) is 0 Å². The topological polar surface area (TPSA) is 49.3 Å². The third-order valence-electron chi connectivity index (χ3n) is 2.54. The van der Waals surface area contributed by atoms with Crippen LogP contribution in [0.2, 0.25) is 5.02 Å². The third-order valence-corrected chi connectivity index (χ3v) is 2.79. The van der Waals surface area contributed by atoms with Crippen molar-refractivity contribution in [3.05, 3.63) is 64.7 Å². The number of aromatic carboxylic acids is 1. The van der Waals surface area contributed by atoms with E-state index in [1.54, 1.807) is 24.3 Å². The van der Waals surface area contributed by atoms with E-state index in [1.807, 2.05) is 24.3 Å². The zero-order valence-electron chi connectivity index (χ0n) is 10.6. The summed E-state index contributed by atoms with van der Waals surface area (Å²) in [5.41, 5.74) is 2.28. The van der Waals surface area contributed by atoms with Crippen LogP contribution in [-0.2, 0) is 6.54 Å². The first kappa shape index (κ1) is 16.1. The van der Waals surface area contributed by atoms with Crippen molar-refractivity contribution in [1.29, 1.82) is 0 Å². The maximum absolute atomic E-state index is 10.7. The van der Waals surface area contributed by atoms with Crippen LogP contribution in [0.25, 0.3) is 0 Å². The molecular formula is C14H12ClNNaO2. The molecule has 2 N–H and O–H groups in total. The summed E-state index contributed by atoms with van der Waals surface area (Å²) in [5, 5.41) is 12.7. The van der Waals surface area contributed by atoms with Gasteiger partial charge in [0.15, 0.2) is 0 Å². The van der Waals surface area contributed by atoms with E-state index in [-0.39, 0.29) is 35.1 Å². The molecule has 0 atom stereocenters. The minimum absolute atomic E-state index is 0. The molecule has 2 aromatic rings. The second-order valence-corrected chi connectivity index (χ2v) is 4.30. The van der Waals surface area contributed by atoms with Gasteiger partial charge in [0.25, 0.3) is 0 Å². The normalized spacial score (nSPS) is 9.53. The van der Waals surface area contributed by atoms with Gasteiger partial charge in [-0.3, -0.25) is 0 Å². The number of carbonyl (C=O) groups is 1. The summed E-state index contributed by atoms with van der Waals surface area (Å²) in [6, 6.07) is 14.2. The fraction of sp³-hybridized carbons (Fsp3) is 0.0714. The fourth-order valence-electron chi connectivity index (χ4n) is 1.54. The first-order chi connectivity index (χ1) is 8.65. The maximum Gasteiger partial charge on any atom is 0.335 e. The van der Waals surface area contributed by atoms with Crippen LogP contribution in [-0.4, -0.2) is 40.6 Å². The van der Waals surface area contributed by atoms with Crippen LogP contribution in [0.15, 0.2) is 48.5 Å². The zero-order valence-corrected chi connectivity index (χ0v) is 13.3. The van der Waals surface area contributed by atoms with Gasteiger partial charge in [-0.2, -0.15) is 0 Å². The first-order valence-electron chi connectivity index (χ1n) is 5.47. The van der Waals surface area contributed by atoms with E-state index in [0.717, 1.165) is 11.3 Å². The van der Waals surface area contributed by atoms with Gasteiger partial charge >= 0.3 is 5.97 Å². The Balaban J connectivity index is 0.00000180. The Morgan fingerprint density at radius 3 is 2.16 bits per heavy atom. The number of anilines is 1. The van der Waals surface area contributed by atoms with Crippen molar-refractivity contribution in [3.63, 3.8) is 0 Å². The molecule has 0 heterocycles. The van der Waals surface area contributed by atoms with Gasteiger partial charge in [0.1, 0.15) is 0 Å². The molecule has 3 nitrogen and oxygen atoms in total. The number of nitrogens with one attached hydrogen (secondary N) is 1. The van der Waals surface area contributed by atoms with Crippen molar-refractivity contribution in [1.82, 2.24) is 0 Å². The summed E-state index contributed by atoms with van der Waals surface area (Å²) >= 11 is 5.80.